The van der Waals surface area contributed by atoms with Gasteiger partial charge >= 0.3 is 6.03 Å². The highest BCUT2D eigenvalue weighted by Gasteiger charge is 2.27. The van der Waals surface area contributed by atoms with E-state index in [0.29, 0.717) is 43.9 Å². The van der Waals surface area contributed by atoms with E-state index in [2.05, 4.69) is 15.5 Å². The van der Waals surface area contributed by atoms with Crippen LogP contribution in [-0.2, 0) is 4.79 Å². The van der Waals surface area contributed by atoms with Crippen molar-refractivity contribution in [3.63, 3.8) is 0 Å². The van der Waals surface area contributed by atoms with Gasteiger partial charge in [-0.15, -0.1) is 0 Å². The molecule has 180 valence electrons. The molecular formula is C26H33N5O3. The predicted octanol–water partition coefficient (Wildman–Crippen LogP) is 3.93. The molecule has 0 saturated carbocycles. The predicted molar refractivity (Wildman–Crippen MR) is 134 cm³/mol. The molecule has 4 amide bonds. The largest absolute Gasteiger partial charge is 0.367 e. The molecule has 34 heavy (non-hydrogen) atoms. The molecule has 2 aromatic rings. The number of nitrogens with zero attached hydrogens (tertiary/aromatic N) is 3. The van der Waals surface area contributed by atoms with Crippen molar-refractivity contribution in [3.8, 4) is 0 Å². The van der Waals surface area contributed by atoms with E-state index in [0.717, 1.165) is 42.9 Å². The molecule has 2 aliphatic rings. The lowest BCUT2D eigenvalue weighted by Gasteiger charge is -2.37. The fraction of sp³-hybridized carbons (Fsp3) is 0.423. The second-order valence-electron chi connectivity index (χ2n) is 8.90. The molecular weight excluding hydrogens is 430 g/mol. The number of piperazine rings is 1. The Bertz CT molecular complexity index is 1040. The van der Waals surface area contributed by atoms with Gasteiger partial charge in [0.2, 0.25) is 5.91 Å². The SMILES string of the molecule is CCC(=O)Nc1ccc(N2CCN(C(=O)Nc3ccc(C)cc3)CC2)c(C(=O)N2CCCC2)c1. The molecule has 8 heteroatoms. The van der Waals surface area contributed by atoms with Crippen LogP contribution in [0.5, 0.6) is 0 Å². The summed E-state index contributed by atoms with van der Waals surface area (Å²) in [6.07, 6.45) is 2.41. The van der Waals surface area contributed by atoms with Crippen LogP contribution in [0.3, 0.4) is 0 Å². The summed E-state index contributed by atoms with van der Waals surface area (Å²) in [4.78, 5) is 43.8. The summed E-state index contributed by atoms with van der Waals surface area (Å²) in [6, 6.07) is 13.2. The summed E-state index contributed by atoms with van der Waals surface area (Å²) < 4.78 is 0. The fourth-order valence-corrected chi connectivity index (χ4v) is 4.39. The number of amides is 4. The molecule has 0 unspecified atom stereocenters. The van der Waals surface area contributed by atoms with E-state index in [-0.39, 0.29) is 17.8 Å². The Morgan fingerprint density at radius 2 is 1.44 bits per heavy atom. The van der Waals surface area contributed by atoms with E-state index in [1.54, 1.807) is 17.9 Å². The van der Waals surface area contributed by atoms with Gasteiger partial charge in [-0.05, 0) is 50.1 Å². The number of urea groups is 1. The summed E-state index contributed by atoms with van der Waals surface area (Å²) in [6.45, 7) is 7.71. The van der Waals surface area contributed by atoms with Gasteiger partial charge in [0.05, 0.1) is 5.56 Å². The average Bonchev–Trinajstić information content (AvgIpc) is 3.40. The first kappa shape index (κ1) is 23.6. The number of carbonyl (C=O) groups excluding carboxylic acids is 3. The number of nitrogens with one attached hydrogen (secondary N) is 2. The minimum atomic E-state index is -0.116. The molecule has 0 bridgehead atoms. The van der Waals surface area contributed by atoms with Gasteiger partial charge < -0.3 is 25.3 Å². The highest BCUT2D eigenvalue weighted by atomic mass is 16.2. The number of rotatable bonds is 5. The van der Waals surface area contributed by atoms with Gasteiger partial charge in [-0.1, -0.05) is 24.6 Å². The van der Waals surface area contributed by atoms with E-state index in [1.165, 1.54) is 0 Å². The van der Waals surface area contributed by atoms with Gasteiger partial charge in [-0.25, -0.2) is 4.79 Å². The van der Waals surface area contributed by atoms with Crippen molar-refractivity contribution < 1.29 is 14.4 Å². The van der Waals surface area contributed by atoms with Crippen LogP contribution in [0, 0.1) is 6.92 Å². The minimum absolute atomic E-state index is 0.000332. The van der Waals surface area contributed by atoms with Gasteiger partial charge in [-0.2, -0.15) is 0 Å². The zero-order valence-corrected chi connectivity index (χ0v) is 20.0. The topological polar surface area (TPSA) is 85.0 Å². The summed E-state index contributed by atoms with van der Waals surface area (Å²) in [5.74, 6) is -0.0832. The van der Waals surface area contributed by atoms with Gasteiger partial charge in [-0.3, -0.25) is 9.59 Å². The average molecular weight is 464 g/mol. The van der Waals surface area contributed by atoms with Crippen LogP contribution >= 0.6 is 0 Å². The lowest BCUT2D eigenvalue weighted by atomic mass is 10.1. The zero-order valence-electron chi connectivity index (χ0n) is 20.0. The van der Waals surface area contributed by atoms with Crippen molar-refractivity contribution in [2.45, 2.75) is 33.1 Å². The van der Waals surface area contributed by atoms with E-state index in [1.807, 2.05) is 48.2 Å². The molecule has 4 rings (SSSR count). The normalized spacial score (nSPS) is 15.9. The van der Waals surface area contributed by atoms with Gasteiger partial charge in [0, 0.05) is 62.8 Å². The van der Waals surface area contributed by atoms with Gasteiger partial charge in [0.25, 0.3) is 5.91 Å². The molecule has 2 aliphatic heterocycles. The number of anilines is 3. The Hall–Kier alpha value is -3.55. The molecule has 2 heterocycles. The van der Waals surface area contributed by atoms with E-state index in [4.69, 9.17) is 0 Å². The van der Waals surface area contributed by atoms with Crippen LogP contribution in [0.15, 0.2) is 42.5 Å². The molecule has 0 aliphatic carbocycles. The Kier molecular flexibility index (Phi) is 7.35. The van der Waals surface area contributed by atoms with Crippen molar-refractivity contribution in [3.05, 3.63) is 53.6 Å². The number of likely N-dealkylation sites (tertiary alicyclic amines) is 1. The van der Waals surface area contributed by atoms with Crippen LogP contribution in [-0.4, -0.2) is 66.9 Å². The van der Waals surface area contributed by atoms with Crippen molar-refractivity contribution in [2.24, 2.45) is 0 Å². The van der Waals surface area contributed by atoms with Crippen LogP contribution in [0.25, 0.3) is 0 Å². The maximum Gasteiger partial charge on any atom is 0.321 e. The first-order valence-corrected chi connectivity index (χ1v) is 12.1. The summed E-state index contributed by atoms with van der Waals surface area (Å²) in [5.41, 5.74) is 4.01. The Morgan fingerprint density at radius 1 is 0.794 bits per heavy atom. The molecule has 2 aromatic carbocycles. The first-order chi connectivity index (χ1) is 16.4. The molecule has 0 spiro atoms. The quantitative estimate of drug-likeness (QED) is 0.704. The third kappa shape index (κ3) is 5.50. The molecule has 2 fully saturated rings. The standard InChI is InChI=1S/C26H33N5O3/c1-3-24(32)27-21-10-11-23(22(18-21)25(33)30-12-4-5-13-30)29-14-16-31(17-15-29)26(34)28-20-8-6-19(2)7-9-20/h6-11,18H,3-5,12-17H2,1-2H3,(H,27,32)(H,28,34). The fourth-order valence-electron chi connectivity index (χ4n) is 4.39. The van der Waals surface area contributed by atoms with Gasteiger partial charge in [0.15, 0.2) is 0 Å². The number of carbonyl (C=O) groups is 3. The molecule has 0 radical (unpaired) electrons. The van der Waals surface area contributed by atoms with Crippen molar-refractivity contribution in [2.75, 3.05) is 54.8 Å². The smallest absolute Gasteiger partial charge is 0.321 e. The van der Waals surface area contributed by atoms with Crippen molar-refractivity contribution in [1.82, 2.24) is 9.80 Å². The molecule has 2 saturated heterocycles. The number of aryl methyl sites for hydroxylation is 1. The molecule has 8 nitrogen and oxygen atoms in total. The number of hydrogen-bond acceptors (Lipinski definition) is 4. The van der Waals surface area contributed by atoms with Crippen molar-refractivity contribution in [1.29, 1.82) is 0 Å². The maximum absolute atomic E-state index is 13.3. The van der Waals surface area contributed by atoms with Crippen LogP contribution in [0.1, 0.15) is 42.1 Å². The third-order valence-electron chi connectivity index (χ3n) is 6.44. The lowest BCUT2D eigenvalue weighted by Crippen LogP contribution is -2.50. The Morgan fingerprint density at radius 3 is 2.09 bits per heavy atom. The first-order valence-electron chi connectivity index (χ1n) is 12.1. The molecule has 0 atom stereocenters. The molecule has 2 N–H and O–H groups in total. The second kappa shape index (κ2) is 10.6. The van der Waals surface area contributed by atoms with Crippen molar-refractivity contribution >= 4 is 34.9 Å². The number of benzene rings is 2. The Labute approximate surface area is 200 Å². The van der Waals surface area contributed by atoms with E-state index in [9.17, 15) is 14.4 Å². The number of hydrogen-bond donors (Lipinski definition) is 2. The summed E-state index contributed by atoms with van der Waals surface area (Å²) in [5, 5.41) is 5.83. The second-order valence-corrected chi connectivity index (χ2v) is 8.90. The van der Waals surface area contributed by atoms with Gasteiger partial charge in [0.1, 0.15) is 0 Å². The summed E-state index contributed by atoms with van der Waals surface area (Å²) >= 11 is 0. The van der Waals surface area contributed by atoms with E-state index >= 15 is 0 Å². The lowest BCUT2D eigenvalue weighted by molar-refractivity contribution is -0.115. The maximum atomic E-state index is 13.3. The third-order valence-corrected chi connectivity index (χ3v) is 6.44. The minimum Gasteiger partial charge on any atom is -0.367 e. The van der Waals surface area contributed by atoms with Crippen LogP contribution in [0.2, 0.25) is 0 Å². The zero-order chi connectivity index (χ0) is 24.1. The van der Waals surface area contributed by atoms with Crippen LogP contribution in [0.4, 0.5) is 21.9 Å². The highest BCUT2D eigenvalue weighted by molar-refractivity contribution is 6.02. The molecule has 0 aromatic heterocycles. The van der Waals surface area contributed by atoms with E-state index < -0.39 is 0 Å². The van der Waals surface area contributed by atoms with Crippen LogP contribution < -0.4 is 15.5 Å². The Balaban J connectivity index is 1.46. The summed E-state index contributed by atoms with van der Waals surface area (Å²) in [7, 11) is 0. The monoisotopic (exact) mass is 463 g/mol. The highest BCUT2D eigenvalue weighted by Crippen LogP contribution is 2.28.